The second kappa shape index (κ2) is 24.7. The fourth-order valence-corrected chi connectivity index (χ4v) is 7.88. The van der Waals surface area contributed by atoms with E-state index in [0.29, 0.717) is 45.2 Å². The van der Waals surface area contributed by atoms with E-state index in [1.54, 1.807) is 61.6 Å². The highest BCUT2D eigenvalue weighted by Crippen LogP contribution is 2.61. The van der Waals surface area contributed by atoms with E-state index in [1.807, 2.05) is 67.6 Å². The summed E-state index contributed by atoms with van der Waals surface area (Å²) in [5.41, 5.74) is 7.16. The molecule has 4 heterocycles. The van der Waals surface area contributed by atoms with Gasteiger partial charge < -0.3 is 9.47 Å². The van der Waals surface area contributed by atoms with Gasteiger partial charge in [0.1, 0.15) is 0 Å². The molecule has 0 radical (unpaired) electrons. The van der Waals surface area contributed by atoms with E-state index in [9.17, 15) is 19.2 Å². The first kappa shape index (κ1) is 49.0. The first-order chi connectivity index (χ1) is 31.0. The van der Waals surface area contributed by atoms with Crippen molar-refractivity contribution in [3.8, 4) is 0 Å². The minimum atomic E-state index is -0.371. The molecule has 16 heteroatoms. The molecule has 1 amide bonds. The highest BCUT2D eigenvalue weighted by molar-refractivity contribution is 6.31. The largest absolute Gasteiger partial charge is 0.466 e. The van der Waals surface area contributed by atoms with Gasteiger partial charge >= 0.3 is 11.9 Å². The number of nitrogens with zero attached hydrogens (tertiary/aromatic N) is 4. The molecule has 2 fully saturated rings. The quantitative estimate of drug-likeness (QED) is 0.0417. The molecule has 6 aromatic rings. The molecule has 4 aromatic heterocycles. The molecule has 2 saturated carbocycles. The number of hydrogen-bond acceptors (Lipinski definition) is 11. The zero-order valence-electron chi connectivity index (χ0n) is 34.5. The lowest BCUT2D eigenvalue weighted by Gasteiger charge is -2.01. The van der Waals surface area contributed by atoms with E-state index >= 15 is 0 Å². The van der Waals surface area contributed by atoms with Gasteiger partial charge in [0.15, 0.2) is 6.29 Å². The molecule has 2 aliphatic rings. The lowest BCUT2D eigenvalue weighted by Crippen LogP contribution is -2.21. The Morgan fingerprint density at radius 3 is 1.44 bits per heavy atom. The molecule has 2 N–H and O–H groups in total. The van der Waals surface area contributed by atoms with Gasteiger partial charge in [-0.05, 0) is 72.0 Å². The number of carbonyl (C=O) groups is 4. The number of ether oxygens (including phenoxy) is 2. The Morgan fingerprint density at radius 1 is 0.578 bits per heavy atom. The summed E-state index contributed by atoms with van der Waals surface area (Å²) in [7, 11) is 0. The number of esters is 2. The van der Waals surface area contributed by atoms with Gasteiger partial charge in [-0.2, -0.15) is 0 Å². The summed E-state index contributed by atoms with van der Waals surface area (Å²) in [6.45, 7) is 4.36. The van der Waals surface area contributed by atoms with Crippen molar-refractivity contribution in [2.24, 2.45) is 11.8 Å². The topological polar surface area (TPSA) is 171 Å². The number of halogens is 4. The average Bonchev–Trinajstić information content (AvgIpc) is 4.24. The Bertz CT molecular complexity index is 2520. The van der Waals surface area contributed by atoms with Crippen molar-refractivity contribution >= 4 is 76.6 Å². The third-order valence-electron chi connectivity index (χ3n) is 9.89. The summed E-state index contributed by atoms with van der Waals surface area (Å²) < 4.78 is 9.92. The van der Waals surface area contributed by atoms with Crippen molar-refractivity contribution < 1.29 is 33.9 Å². The lowest BCUT2D eigenvalue weighted by atomic mass is 10.1. The number of aldehydes is 1. The number of hydroxylamine groups is 1. The minimum absolute atomic E-state index is 0.00394. The maximum absolute atomic E-state index is 12.2. The highest BCUT2D eigenvalue weighted by Gasteiger charge is 2.57. The van der Waals surface area contributed by atoms with Gasteiger partial charge in [0.2, 0.25) is 5.91 Å². The molecule has 0 aliphatic heterocycles. The zero-order valence-corrected chi connectivity index (χ0v) is 37.5. The Hall–Kier alpha value is -6.02. The van der Waals surface area contributed by atoms with Crippen LogP contribution in [0.4, 0.5) is 0 Å². The van der Waals surface area contributed by atoms with Gasteiger partial charge in [0.25, 0.3) is 0 Å². The van der Waals surface area contributed by atoms with Crippen LogP contribution in [0.5, 0.6) is 0 Å². The fraction of sp³-hybridized carbons (Fsp3) is 0.208. The van der Waals surface area contributed by atoms with E-state index < -0.39 is 0 Å². The Balaban J connectivity index is 0.000000168. The molecule has 2 aliphatic carbocycles. The molecule has 6 atom stereocenters. The number of rotatable bonds is 11. The van der Waals surface area contributed by atoms with Crippen LogP contribution >= 0.6 is 46.4 Å². The normalized spacial score (nSPS) is 18.9. The third-order valence-corrected chi connectivity index (χ3v) is 10.7. The molecule has 0 saturated heterocycles. The number of nitrogens with one attached hydrogen (secondary N) is 1. The van der Waals surface area contributed by atoms with Crippen molar-refractivity contribution in [3.63, 3.8) is 0 Å². The molecule has 12 nitrogen and oxygen atoms in total. The Labute approximate surface area is 390 Å². The first-order valence-corrected chi connectivity index (χ1v) is 21.4. The van der Waals surface area contributed by atoms with E-state index in [0.717, 1.165) is 27.8 Å². The van der Waals surface area contributed by atoms with Gasteiger partial charge in [-0.3, -0.25) is 39.5 Å². The molecule has 0 unspecified atom stereocenters. The summed E-state index contributed by atoms with van der Waals surface area (Å²) in [5.74, 6) is -1.04. The molecule has 64 heavy (non-hydrogen) atoms. The van der Waals surface area contributed by atoms with Gasteiger partial charge in [-0.1, -0.05) is 107 Å². The van der Waals surface area contributed by atoms with Gasteiger partial charge in [-0.25, -0.2) is 10.3 Å². The summed E-state index contributed by atoms with van der Waals surface area (Å²) in [5, 5.41) is 11.0. The Kier molecular flexibility index (Phi) is 18.9. The van der Waals surface area contributed by atoms with Crippen molar-refractivity contribution in [1.29, 1.82) is 0 Å². The van der Waals surface area contributed by atoms with Crippen LogP contribution in [0.3, 0.4) is 0 Å². The second-order valence-electron chi connectivity index (χ2n) is 14.2. The van der Waals surface area contributed by atoms with Crippen molar-refractivity contribution in [2.75, 3.05) is 13.2 Å². The SMILES string of the molecule is CCOC(=O)/C=C/c1cncc(Cl)c1.CCOC(=O)[C@@H]1[C@H](c2ccccc2)[C@H]1c1cncc(Cl)c1.O=C(NO)[C@@H]1[C@H](c2ccccc2)[C@H]1c1cncc(Cl)c1.O=Cc1cncc(Cl)c1. The summed E-state index contributed by atoms with van der Waals surface area (Å²) in [6.07, 6.45) is 16.4. The molecule has 0 spiro atoms. The monoisotopic (exact) mass is 941 g/mol. The molecular weight excluding hydrogens is 900 g/mol. The predicted molar refractivity (Wildman–Crippen MR) is 245 cm³/mol. The van der Waals surface area contributed by atoms with Crippen molar-refractivity contribution in [1.82, 2.24) is 25.4 Å². The van der Waals surface area contributed by atoms with E-state index in [-0.39, 0.29) is 53.4 Å². The van der Waals surface area contributed by atoms with Gasteiger partial charge in [0.05, 0.1) is 45.1 Å². The number of carbonyl (C=O) groups excluding carboxylic acids is 4. The lowest BCUT2D eigenvalue weighted by molar-refractivity contribution is -0.145. The zero-order chi connectivity index (χ0) is 46.0. The third kappa shape index (κ3) is 14.2. The van der Waals surface area contributed by atoms with Crippen LogP contribution in [0.2, 0.25) is 20.1 Å². The highest BCUT2D eigenvalue weighted by atomic mass is 35.5. The van der Waals surface area contributed by atoms with Crippen LogP contribution in [0.1, 0.15) is 75.7 Å². The minimum Gasteiger partial charge on any atom is -0.466 e. The van der Waals surface area contributed by atoms with Crippen LogP contribution in [0.15, 0.2) is 141 Å². The summed E-state index contributed by atoms with van der Waals surface area (Å²) >= 11 is 23.2. The molecule has 0 bridgehead atoms. The number of amides is 1. The van der Waals surface area contributed by atoms with E-state index in [1.165, 1.54) is 24.7 Å². The maximum Gasteiger partial charge on any atom is 0.330 e. The average molecular weight is 944 g/mol. The number of aromatic nitrogens is 4. The van der Waals surface area contributed by atoms with Crippen LogP contribution < -0.4 is 5.48 Å². The fourth-order valence-electron chi connectivity index (χ4n) is 7.15. The van der Waals surface area contributed by atoms with E-state index in [2.05, 4.69) is 32.1 Å². The van der Waals surface area contributed by atoms with Crippen LogP contribution in [0, 0.1) is 11.8 Å². The molecule has 2 aromatic carbocycles. The molecular formula is C48H43Cl4N5O7. The smallest absolute Gasteiger partial charge is 0.330 e. The predicted octanol–water partition coefficient (Wildman–Crippen LogP) is 10.4. The molecule has 8 rings (SSSR count). The Morgan fingerprint density at radius 2 is 1.00 bits per heavy atom. The number of pyridine rings is 4. The standard InChI is InChI=1S/C17H16ClNO2.C15H13ClN2O2.C10H10ClNO2.C6H4ClNO/c1-2-21-17(20)16-14(11-6-4-3-5-7-11)15(16)12-8-13(18)10-19-9-12;16-11-6-10(7-17-8-11)13-12(14(13)15(19)18-20)9-4-2-1-3-5-9;1-2-14-10(13)4-3-8-5-9(11)7-12-6-8;7-6-1-5(4-9)2-8-3-6/h3-10,14-16H,2H2,1H3;1-8,12-14,20H,(H,18,19);3-7H,2H2,1H3;1-4H/b;;4-3+;/t14-,15-,16-;12-,13-,14-;;/m11../s1. The van der Waals surface area contributed by atoms with Crippen molar-refractivity contribution in [3.05, 3.63) is 194 Å². The number of hydrogen-bond donors (Lipinski definition) is 2. The van der Waals surface area contributed by atoms with E-state index in [4.69, 9.17) is 61.1 Å². The van der Waals surface area contributed by atoms with Gasteiger partial charge in [0, 0.05) is 84.9 Å². The van der Waals surface area contributed by atoms with Crippen LogP contribution in [-0.4, -0.2) is 62.5 Å². The first-order valence-electron chi connectivity index (χ1n) is 19.9. The molecule has 330 valence electrons. The van der Waals surface area contributed by atoms with Crippen molar-refractivity contribution in [2.45, 2.75) is 37.5 Å². The summed E-state index contributed by atoms with van der Waals surface area (Å²) in [6, 6.07) is 26.8. The maximum atomic E-state index is 12.2. The summed E-state index contributed by atoms with van der Waals surface area (Å²) in [4.78, 5) is 60.8. The second-order valence-corrected chi connectivity index (χ2v) is 15.9. The van der Waals surface area contributed by atoms with Gasteiger partial charge in [-0.15, -0.1) is 0 Å². The van der Waals surface area contributed by atoms with Crippen LogP contribution in [-0.2, 0) is 23.9 Å². The van der Waals surface area contributed by atoms with Crippen LogP contribution in [0.25, 0.3) is 6.08 Å². The number of benzene rings is 2.